The van der Waals surface area contributed by atoms with Crippen LogP contribution in [0.2, 0.25) is 0 Å². The van der Waals surface area contributed by atoms with Crippen molar-refractivity contribution in [3.63, 3.8) is 0 Å². The lowest BCUT2D eigenvalue weighted by Gasteiger charge is -2.17. The molecule has 0 aliphatic heterocycles. The molecule has 1 N–H and O–H groups in total. The Labute approximate surface area is 159 Å². The van der Waals surface area contributed by atoms with Crippen molar-refractivity contribution in [2.45, 2.75) is 17.9 Å². The number of methoxy groups -OCH3 is 2. The van der Waals surface area contributed by atoms with E-state index in [1.807, 2.05) is 0 Å². The van der Waals surface area contributed by atoms with Crippen LogP contribution in [-0.2, 0) is 10.0 Å². The SMILES string of the molecule is COc1ccc(C(C)NS(=O)(=O)c2ccc([N+](=O)[O-])cc2OC)cc1Br. The molecule has 0 radical (unpaired) electrons. The van der Waals surface area contributed by atoms with Crippen LogP contribution in [0, 0.1) is 10.1 Å². The third-order valence-corrected chi connectivity index (χ3v) is 5.86. The van der Waals surface area contributed by atoms with E-state index in [0.717, 1.165) is 18.2 Å². The van der Waals surface area contributed by atoms with E-state index in [9.17, 15) is 18.5 Å². The molecule has 0 aliphatic rings. The molecule has 2 aromatic carbocycles. The first-order valence-electron chi connectivity index (χ1n) is 7.37. The summed E-state index contributed by atoms with van der Waals surface area (Å²) in [5.41, 5.74) is 0.454. The second-order valence-electron chi connectivity index (χ2n) is 5.33. The Morgan fingerprint density at radius 1 is 1.12 bits per heavy atom. The fourth-order valence-corrected chi connectivity index (χ4v) is 4.25. The number of nitrogens with zero attached hydrogens (tertiary/aromatic N) is 1. The highest BCUT2D eigenvalue weighted by molar-refractivity contribution is 9.10. The van der Waals surface area contributed by atoms with Crippen LogP contribution in [0.3, 0.4) is 0 Å². The number of ether oxygens (including phenoxy) is 2. The Morgan fingerprint density at radius 2 is 1.77 bits per heavy atom. The van der Waals surface area contributed by atoms with E-state index in [2.05, 4.69) is 20.7 Å². The summed E-state index contributed by atoms with van der Waals surface area (Å²) in [6.07, 6.45) is 0. The molecule has 1 unspecified atom stereocenters. The minimum Gasteiger partial charge on any atom is -0.496 e. The first-order chi connectivity index (χ1) is 12.2. The second-order valence-corrected chi connectivity index (χ2v) is 7.87. The average Bonchev–Trinajstić information content (AvgIpc) is 2.60. The number of benzene rings is 2. The van der Waals surface area contributed by atoms with E-state index >= 15 is 0 Å². The third kappa shape index (κ3) is 4.32. The van der Waals surface area contributed by atoms with Crippen molar-refractivity contribution in [1.29, 1.82) is 0 Å². The zero-order valence-corrected chi connectivity index (χ0v) is 16.6. The number of hydrogen-bond donors (Lipinski definition) is 1. The van der Waals surface area contributed by atoms with Gasteiger partial charge in [0.1, 0.15) is 16.4 Å². The molecule has 0 spiro atoms. The number of halogens is 1. The molecular formula is C16H17BrN2O6S. The predicted octanol–water partition coefficient (Wildman–Crippen LogP) is 3.41. The van der Waals surface area contributed by atoms with Gasteiger partial charge in [0.15, 0.2) is 0 Å². The van der Waals surface area contributed by atoms with Gasteiger partial charge < -0.3 is 9.47 Å². The van der Waals surface area contributed by atoms with Crippen molar-refractivity contribution < 1.29 is 22.8 Å². The van der Waals surface area contributed by atoms with Crippen molar-refractivity contribution in [2.75, 3.05) is 14.2 Å². The Balaban J connectivity index is 2.33. The van der Waals surface area contributed by atoms with Crippen LogP contribution in [-0.4, -0.2) is 27.6 Å². The Morgan fingerprint density at radius 3 is 2.31 bits per heavy atom. The van der Waals surface area contributed by atoms with Gasteiger partial charge in [0, 0.05) is 12.1 Å². The fraction of sp³-hybridized carbons (Fsp3) is 0.250. The van der Waals surface area contributed by atoms with Gasteiger partial charge in [-0.2, -0.15) is 0 Å². The molecule has 0 heterocycles. The predicted molar refractivity (Wildman–Crippen MR) is 99.1 cm³/mol. The topological polar surface area (TPSA) is 108 Å². The molecule has 0 aromatic heterocycles. The molecule has 0 aliphatic carbocycles. The first kappa shape index (κ1) is 20.1. The van der Waals surface area contributed by atoms with Gasteiger partial charge in [-0.15, -0.1) is 0 Å². The molecule has 26 heavy (non-hydrogen) atoms. The van der Waals surface area contributed by atoms with Crippen molar-refractivity contribution in [1.82, 2.24) is 4.72 Å². The van der Waals surface area contributed by atoms with Crippen LogP contribution in [0.5, 0.6) is 11.5 Å². The lowest BCUT2D eigenvalue weighted by Crippen LogP contribution is -2.27. The van der Waals surface area contributed by atoms with E-state index < -0.39 is 21.0 Å². The molecular weight excluding hydrogens is 428 g/mol. The maximum atomic E-state index is 12.7. The number of nitro benzene ring substituents is 1. The minimum atomic E-state index is -3.97. The highest BCUT2D eigenvalue weighted by Gasteiger charge is 2.24. The van der Waals surface area contributed by atoms with Gasteiger partial charge in [-0.05, 0) is 46.6 Å². The second kappa shape index (κ2) is 8.02. The molecule has 0 bridgehead atoms. The van der Waals surface area contributed by atoms with E-state index in [0.29, 0.717) is 15.8 Å². The van der Waals surface area contributed by atoms with Gasteiger partial charge in [-0.3, -0.25) is 10.1 Å². The molecule has 140 valence electrons. The highest BCUT2D eigenvalue weighted by atomic mass is 79.9. The fourth-order valence-electron chi connectivity index (χ4n) is 2.31. The highest BCUT2D eigenvalue weighted by Crippen LogP contribution is 2.31. The summed E-state index contributed by atoms with van der Waals surface area (Å²) in [4.78, 5) is 10.1. The summed E-state index contributed by atoms with van der Waals surface area (Å²) in [7, 11) is -1.18. The Kier molecular flexibility index (Phi) is 6.21. The number of hydrogen-bond acceptors (Lipinski definition) is 6. The van der Waals surface area contributed by atoms with Crippen molar-refractivity contribution >= 4 is 31.6 Å². The summed E-state index contributed by atoms with van der Waals surface area (Å²) in [6.45, 7) is 1.68. The molecule has 1 atom stereocenters. The van der Waals surface area contributed by atoms with Gasteiger partial charge in [0.05, 0.1) is 29.7 Å². The number of non-ortho nitro benzene ring substituents is 1. The summed E-state index contributed by atoms with van der Waals surface area (Å²) in [6, 6.07) is 7.99. The number of rotatable bonds is 7. The molecule has 0 fully saturated rings. The average molecular weight is 445 g/mol. The standard InChI is InChI=1S/C16H17BrN2O6S/c1-10(11-4-6-14(24-2)13(17)8-11)18-26(22,23)16-7-5-12(19(20)21)9-15(16)25-3/h4-10,18H,1-3H3. The monoisotopic (exact) mass is 444 g/mol. The van der Waals surface area contributed by atoms with Crippen molar-refractivity contribution in [3.05, 3.63) is 56.5 Å². The van der Waals surface area contributed by atoms with E-state index in [1.54, 1.807) is 25.1 Å². The molecule has 2 aromatic rings. The summed E-state index contributed by atoms with van der Waals surface area (Å²) in [5, 5.41) is 10.8. The van der Waals surface area contributed by atoms with Crippen LogP contribution >= 0.6 is 15.9 Å². The molecule has 0 amide bonds. The van der Waals surface area contributed by atoms with Crippen LogP contribution < -0.4 is 14.2 Å². The molecule has 8 nitrogen and oxygen atoms in total. The van der Waals surface area contributed by atoms with E-state index in [4.69, 9.17) is 9.47 Å². The quantitative estimate of drug-likeness (QED) is 0.517. The molecule has 0 saturated heterocycles. The van der Waals surface area contributed by atoms with Gasteiger partial charge in [-0.1, -0.05) is 6.07 Å². The summed E-state index contributed by atoms with van der Waals surface area (Å²) in [5.74, 6) is 0.524. The lowest BCUT2D eigenvalue weighted by molar-refractivity contribution is -0.385. The van der Waals surface area contributed by atoms with Gasteiger partial charge in [0.25, 0.3) is 5.69 Å². The maximum Gasteiger partial charge on any atom is 0.273 e. The summed E-state index contributed by atoms with van der Waals surface area (Å²) >= 11 is 3.36. The smallest absolute Gasteiger partial charge is 0.273 e. The van der Waals surface area contributed by atoms with Crippen LogP contribution in [0.4, 0.5) is 5.69 Å². The zero-order valence-electron chi connectivity index (χ0n) is 14.2. The van der Waals surface area contributed by atoms with Gasteiger partial charge in [0.2, 0.25) is 10.0 Å². The van der Waals surface area contributed by atoms with Crippen molar-refractivity contribution in [2.24, 2.45) is 0 Å². The number of nitro groups is 1. The Hall–Kier alpha value is -2.17. The first-order valence-corrected chi connectivity index (χ1v) is 9.65. The summed E-state index contributed by atoms with van der Waals surface area (Å²) < 4.78 is 38.8. The molecule has 10 heteroatoms. The van der Waals surface area contributed by atoms with Crippen LogP contribution in [0.25, 0.3) is 0 Å². The van der Waals surface area contributed by atoms with Crippen LogP contribution in [0.15, 0.2) is 45.8 Å². The van der Waals surface area contributed by atoms with Gasteiger partial charge in [-0.25, -0.2) is 13.1 Å². The zero-order chi connectivity index (χ0) is 19.5. The molecule has 2 rings (SSSR count). The Bertz CT molecular complexity index is 932. The number of sulfonamides is 1. The number of nitrogens with one attached hydrogen (secondary N) is 1. The van der Waals surface area contributed by atoms with Gasteiger partial charge >= 0.3 is 0 Å². The van der Waals surface area contributed by atoms with Crippen molar-refractivity contribution in [3.8, 4) is 11.5 Å². The minimum absolute atomic E-state index is 0.102. The molecule has 0 saturated carbocycles. The normalized spacial score (nSPS) is 12.5. The van der Waals surface area contributed by atoms with Crippen LogP contribution in [0.1, 0.15) is 18.5 Å². The van der Waals surface area contributed by atoms with E-state index in [-0.39, 0.29) is 16.3 Å². The maximum absolute atomic E-state index is 12.7. The lowest BCUT2D eigenvalue weighted by atomic mass is 10.1. The third-order valence-electron chi connectivity index (χ3n) is 3.66. The van der Waals surface area contributed by atoms with E-state index in [1.165, 1.54) is 14.2 Å². The largest absolute Gasteiger partial charge is 0.496 e.